The summed E-state index contributed by atoms with van der Waals surface area (Å²) in [6.45, 7) is 2.35. The third-order valence-electron chi connectivity index (χ3n) is 3.01. The minimum Gasteiger partial charge on any atom is -0.496 e. The van der Waals surface area contributed by atoms with Crippen molar-refractivity contribution in [2.45, 2.75) is 19.8 Å². The van der Waals surface area contributed by atoms with E-state index < -0.39 is 0 Å². The van der Waals surface area contributed by atoms with Crippen molar-refractivity contribution in [2.24, 2.45) is 5.92 Å². The molecule has 1 atom stereocenters. The second kappa shape index (κ2) is 8.17. The topological polar surface area (TPSA) is 58.6 Å². The van der Waals surface area contributed by atoms with Crippen molar-refractivity contribution < 1.29 is 14.6 Å². The predicted octanol–water partition coefficient (Wildman–Crippen LogP) is 2.13. The summed E-state index contributed by atoms with van der Waals surface area (Å²) in [5, 5.41) is 11.9. The smallest absolute Gasteiger partial charge is 0.225 e. The first-order valence-electron chi connectivity index (χ1n) is 6.33. The minimum absolute atomic E-state index is 0.0856. The van der Waals surface area contributed by atoms with Crippen molar-refractivity contribution >= 4 is 21.8 Å². The van der Waals surface area contributed by atoms with E-state index >= 15 is 0 Å². The van der Waals surface area contributed by atoms with E-state index in [2.05, 4.69) is 21.2 Å². The number of nitrogens with one attached hydrogen (secondary N) is 1. The third-order valence-corrected chi connectivity index (χ3v) is 3.63. The number of carbonyl (C=O) groups is 1. The van der Waals surface area contributed by atoms with E-state index in [0.29, 0.717) is 13.0 Å². The highest BCUT2D eigenvalue weighted by Crippen LogP contribution is 2.25. The van der Waals surface area contributed by atoms with E-state index in [9.17, 15) is 4.79 Å². The number of ether oxygens (including phenoxy) is 1. The Morgan fingerprint density at radius 2 is 2.26 bits per heavy atom. The zero-order valence-electron chi connectivity index (χ0n) is 11.3. The van der Waals surface area contributed by atoms with Gasteiger partial charge in [0.25, 0.3) is 0 Å². The number of methoxy groups -OCH3 is 1. The maximum Gasteiger partial charge on any atom is 0.225 e. The largest absolute Gasteiger partial charge is 0.496 e. The average molecular weight is 330 g/mol. The molecule has 19 heavy (non-hydrogen) atoms. The van der Waals surface area contributed by atoms with Gasteiger partial charge >= 0.3 is 0 Å². The van der Waals surface area contributed by atoms with Crippen LogP contribution < -0.4 is 10.1 Å². The monoisotopic (exact) mass is 329 g/mol. The number of halogens is 1. The van der Waals surface area contributed by atoms with Crippen LogP contribution in [-0.2, 0) is 11.2 Å². The number of aliphatic hydroxyl groups is 1. The Morgan fingerprint density at radius 1 is 1.53 bits per heavy atom. The highest BCUT2D eigenvalue weighted by molar-refractivity contribution is 9.10. The van der Waals surface area contributed by atoms with Crippen LogP contribution in [0.4, 0.5) is 0 Å². The predicted molar refractivity (Wildman–Crippen MR) is 78.3 cm³/mol. The molecule has 0 heterocycles. The molecule has 0 spiro atoms. The highest BCUT2D eigenvalue weighted by atomic mass is 79.9. The van der Waals surface area contributed by atoms with Crippen molar-refractivity contribution in [1.82, 2.24) is 5.32 Å². The van der Waals surface area contributed by atoms with Crippen LogP contribution in [0.5, 0.6) is 5.75 Å². The maximum absolute atomic E-state index is 11.7. The molecular formula is C14H20BrNO3. The second-order valence-electron chi connectivity index (χ2n) is 4.30. The van der Waals surface area contributed by atoms with Crippen molar-refractivity contribution in [1.29, 1.82) is 0 Å². The first-order valence-corrected chi connectivity index (χ1v) is 7.12. The van der Waals surface area contributed by atoms with Gasteiger partial charge in [0.2, 0.25) is 5.91 Å². The van der Waals surface area contributed by atoms with Crippen LogP contribution in [-0.4, -0.2) is 31.3 Å². The van der Waals surface area contributed by atoms with Crippen LogP contribution in [0.3, 0.4) is 0 Å². The molecule has 1 rings (SSSR count). The lowest BCUT2D eigenvalue weighted by Crippen LogP contribution is -2.33. The molecule has 0 saturated heterocycles. The van der Waals surface area contributed by atoms with Crippen molar-refractivity contribution in [3.63, 3.8) is 0 Å². The molecule has 2 N–H and O–H groups in total. The molecule has 1 aromatic carbocycles. The highest BCUT2D eigenvalue weighted by Gasteiger charge is 2.14. The first-order chi connectivity index (χ1) is 9.12. The van der Waals surface area contributed by atoms with Crippen molar-refractivity contribution in [2.75, 3.05) is 20.3 Å². The fourth-order valence-electron chi connectivity index (χ4n) is 1.74. The molecule has 1 unspecified atom stereocenters. The molecule has 4 nitrogen and oxygen atoms in total. The van der Waals surface area contributed by atoms with Gasteiger partial charge in [-0.05, 0) is 46.5 Å². The van der Waals surface area contributed by atoms with Gasteiger partial charge in [0.15, 0.2) is 0 Å². The number of amides is 1. The van der Waals surface area contributed by atoms with Gasteiger partial charge in [-0.1, -0.05) is 13.0 Å². The quantitative estimate of drug-likeness (QED) is 0.805. The molecule has 0 aromatic heterocycles. The summed E-state index contributed by atoms with van der Waals surface area (Å²) in [6, 6.07) is 5.84. The molecule has 0 saturated carbocycles. The lowest BCUT2D eigenvalue weighted by molar-refractivity contribution is -0.126. The molecule has 0 aliphatic heterocycles. The Labute approximate surface area is 122 Å². The van der Waals surface area contributed by atoms with Crippen LogP contribution in [0.25, 0.3) is 0 Å². The number of carbonyl (C=O) groups excluding carboxylic acids is 1. The minimum atomic E-state index is -0.303. The molecule has 106 valence electrons. The fourth-order valence-corrected chi connectivity index (χ4v) is 2.33. The Bertz CT molecular complexity index is 419. The van der Waals surface area contributed by atoms with Crippen LogP contribution in [0, 0.1) is 5.92 Å². The van der Waals surface area contributed by atoms with E-state index in [0.717, 1.165) is 22.2 Å². The molecule has 0 fully saturated rings. The number of hydrogen-bond donors (Lipinski definition) is 2. The Kier molecular flexibility index (Phi) is 6.87. The van der Waals surface area contributed by atoms with Gasteiger partial charge < -0.3 is 15.2 Å². The van der Waals surface area contributed by atoms with Gasteiger partial charge in [-0.25, -0.2) is 0 Å². The number of rotatable bonds is 7. The van der Waals surface area contributed by atoms with Gasteiger partial charge in [0, 0.05) is 6.54 Å². The molecule has 0 radical (unpaired) electrons. The molecule has 5 heteroatoms. The average Bonchev–Trinajstić information content (AvgIpc) is 2.40. The van der Waals surface area contributed by atoms with Crippen LogP contribution in [0.2, 0.25) is 0 Å². The van der Waals surface area contributed by atoms with Crippen LogP contribution in [0.1, 0.15) is 18.9 Å². The Balaban J connectivity index is 2.45. The molecular weight excluding hydrogens is 310 g/mol. The lowest BCUT2D eigenvalue weighted by Gasteiger charge is -2.12. The summed E-state index contributed by atoms with van der Waals surface area (Å²) >= 11 is 3.43. The molecule has 0 bridgehead atoms. The first kappa shape index (κ1) is 16.0. The van der Waals surface area contributed by atoms with Gasteiger partial charge in [-0.2, -0.15) is 0 Å². The Morgan fingerprint density at radius 3 is 2.79 bits per heavy atom. The van der Waals surface area contributed by atoms with Gasteiger partial charge in [-0.15, -0.1) is 0 Å². The second-order valence-corrected chi connectivity index (χ2v) is 5.15. The number of aliphatic hydroxyl groups excluding tert-OH is 1. The molecule has 1 amide bonds. The van der Waals surface area contributed by atoms with Gasteiger partial charge in [0.05, 0.1) is 24.1 Å². The number of benzene rings is 1. The van der Waals surface area contributed by atoms with Gasteiger partial charge in [0.1, 0.15) is 5.75 Å². The fraction of sp³-hybridized carbons (Fsp3) is 0.500. The normalized spacial score (nSPS) is 12.0. The van der Waals surface area contributed by atoms with E-state index in [1.165, 1.54) is 0 Å². The van der Waals surface area contributed by atoms with E-state index in [1.54, 1.807) is 7.11 Å². The van der Waals surface area contributed by atoms with Crippen molar-refractivity contribution in [3.8, 4) is 5.75 Å². The molecule has 1 aromatic rings. The summed E-state index contributed by atoms with van der Waals surface area (Å²) in [5.74, 6) is 0.402. The van der Waals surface area contributed by atoms with Crippen LogP contribution >= 0.6 is 15.9 Å². The van der Waals surface area contributed by atoms with Gasteiger partial charge in [-0.3, -0.25) is 4.79 Å². The molecule has 0 aliphatic rings. The van der Waals surface area contributed by atoms with E-state index in [4.69, 9.17) is 9.84 Å². The van der Waals surface area contributed by atoms with Crippen molar-refractivity contribution in [3.05, 3.63) is 28.2 Å². The summed E-state index contributed by atoms with van der Waals surface area (Å²) in [7, 11) is 1.62. The summed E-state index contributed by atoms with van der Waals surface area (Å²) in [5.41, 5.74) is 1.12. The summed E-state index contributed by atoms with van der Waals surface area (Å²) in [4.78, 5) is 11.7. The number of hydrogen-bond acceptors (Lipinski definition) is 3. The standard InChI is InChI=1S/C14H20BrNO3/c1-3-11(9-17)14(18)16-7-6-10-4-5-13(19-2)12(15)8-10/h4-5,8,11,17H,3,6-7,9H2,1-2H3,(H,16,18). The third kappa shape index (κ3) is 4.84. The zero-order chi connectivity index (χ0) is 14.3. The summed E-state index contributed by atoms with van der Waals surface area (Å²) < 4.78 is 6.06. The SMILES string of the molecule is CCC(CO)C(=O)NCCc1ccc(OC)c(Br)c1. The zero-order valence-corrected chi connectivity index (χ0v) is 12.9. The summed E-state index contributed by atoms with van der Waals surface area (Å²) in [6.07, 6.45) is 1.40. The van der Waals surface area contributed by atoms with Crippen LogP contribution in [0.15, 0.2) is 22.7 Å². The maximum atomic E-state index is 11.7. The van der Waals surface area contributed by atoms with E-state index in [-0.39, 0.29) is 18.4 Å². The van der Waals surface area contributed by atoms with E-state index in [1.807, 2.05) is 25.1 Å². The lowest BCUT2D eigenvalue weighted by atomic mass is 10.1. The Hall–Kier alpha value is -1.07. The molecule has 0 aliphatic carbocycles.